The predicted molar refractivity (Wildman–Crippen MR) is 51.8 cm³/mol. The van der Waals surface area contributed by atoms with Crippen molar-refractivity contribution in [1.29, 1.82) is 0 Å². The van der Waals surface area contributed by atoms with E-state index in [-0.39, 0.29) is 5.75 Å². The van der Waals surface area contributed by atoms with Gasteiger partial charge in [-0.2, -0.15) is 0 Å². The lowest BCUT2D eigenvalue weighted by Gasteiger charge is -2.05. The Morgan fingerprint density at radius 2 is 2.33 bits per heavy atom. The summed E-state index contributed by atoms with van der Waals surface area (Å²) in [4.78, 5) is 0. The van der Waals surface area contributed by atoms with Crippen LogP contribution in [0, 0.1) is 4.64 Å². The molecule has 0 radical (unpaired) electrons. The molecule has 3 heteroatoms. The van der Waals surface area contributed by atoms with Crippen molar-refractivity contribution >= 4 is 12.2 Å². The van der Waals surface area contributed by atoms with Crippen molar-refractivity contribution in [2.45, 2.75) is 26.3 Å². The Hall–Kier alpha value is -0.830. The van der Waals surface area contributed by atoms with Gasteiger partial charge in [0.25, 0.3) is 0 Å². The van der Waals surface area contributed by atoms with Gasteiger partial charge in [0, 0.05) is 12.7 Å². The molecule has 0 aliphatic heterocycles. The Bertz CT molecular complexity index is 306. The average Bonchev–Trinajstić information content (AvgIpc) is 2.08. The van der Waals surface area contributed by atoms with Crippen molar-refractivity contribution < 1.29 is 5.11 Å². The molecule has 0 aliphatic carbocycles. The summed E-state index contributed by atoms with van der Waals surface area (Å²) in [6, 6.07) is 3.42. The van der Waals surface area contributed by atoms with E-state index in [4.69, 9.17) is 12.2 Å². The van der Waals surface area contributed by atoms with E-state index in [1.165, 1.54) is 0 Å². The number of nitrogens with zero attached hydrogens (tertiary/aromatic N) is 1. The Labute approximate surface area is 77.5 Å². The highest BCUT2D eigenvalue weighted by atomic mass is 32.1. The van der Waals surface area contributed by atoms with Crippen LogP contribution >= 0.6 is 12.2 Å². The third-order valence-corrected chi connectivity index (χ3v) is 2.20. The van der Waals surface area contributed by atoms with Gasteiger partial charge in [-0.05, 0) is 18.6 Å². The zero-order chi connectivity index (χ0) is 8.97. The molecule has 0 fully saturated rings. The topological polar surface area (TPSA) is 25.2 Å². The predicted octanol–water partition coefficient (Wildman–Crippen LogP) is 2.72. The molecule has 2 nitrogen and oxygen atoms in total. The third kappa shape index (κ3) is 2.08. The largest absolute Gasteiger partial charge is 0.505 e. The van der Waals surface area contributed by atoms with E-state index in [0.717, 1.165) is 19.4 Å². The molecule has 0 saturated carbocycles. The summed E-state index contributed by atoms with van der Waals surface area (Å²) >= 11 is 5.02. The molecule has 0 bridgehead atoms. The van der Waals surface area contributed by atoms with E-state index in [2.05, 4.69) is 6.92 Å². The third-order valence-electron chi connectivity index (χ3n) is 1.75. The van der Waals surface area contributed by atoms with E-state index in [9.17, 15) is 5.11 Å². The summed E-state index contributed by atoms with van der Waals surface area (Å²) in [6.45, 7) is 3.02. The monoisotopic (exact) mass is 183 g/mol. The maximum atomic E-state index is 9.27. The van der Waals surface area contributed by atoms with E-state index in [1.54, 1.807) is 12.1 Å². The van der Waals surface area contributed by atoms with Gasteiger partial charge in [0.1, 0.15) is 10.4 Å². The van der Waals surface area contributed by atoms with Crippen LogP contribution in [0.3, 0.4) is 0 Å². The van der Waals surface area contributed by atoms with Crippen molar-refractivity contribution in [3.8, 4) is 5.75 Å². The second-order valence-corrected chi connectivity index (χ2v) is 3.13. The van der Waals surface area contributed by atoms with Crippen LogP contribution < -0.4 is 0 Å². The number of aromatic hydroxyl groups is 1. The van der Waals surface area contributed by atoms with Crippen molar-refractivity contribution in [3.05, 3.63) is 23.0 Å². The molecule has 0 atom stereocenters. The molecule has 0 aromatic carbocycles. The molecule has 1 N–H and O–H groups in total. The molecule has 1 aromatic heterocycles. The molecule has 0 aliphatic rings. The van der Waals surface area contributed by atoms with Crippen molar-refractivity contribution in [2.75, 3.05) is 0 Å². The fourth-order valence-electron chi connectivity index (χ4n) is 1.03. The van der Waals surface area contributed by atoms with E-state index in [1.807, 2.05) is 10.8 Å². The second-order valence-electron chi connectivity index (χ2n) is 2.75. The lowest BCUT2D eigenvalue weighted by atomic mass is 10.3. The number of unbranched alkanes of at least 4 members (excludes halogenated alkanes) is 1. The zero-order valence-electron chi connectivity index (χ0n) is 7.16. The first-order chi connectivity index (χ1) is 5.75. The summed E-state index contributed by atoms with van der Waals surface area (Å²) in [5.74, 6) is 0.198. The lowest BCUT2D eigenvalue weighted by Crippen LogP contribution is -1.98. The second kappa shape index (κ2) is 4.26. The highest BCUT2D eigenvalue weighted by Crippen LogP contribution is 2.10. The molecule has 0 amide bonds. The van der Waals surface area contributed by atoms with E-state index in [0.29, 0.717) is 4.64 Å². The van der Waals surface area contributed by atoms with Crippen LogP contribution in [0.25, 0.3) is 0 Å². The van der Waals surface area contributed by atoms with E-state index < -0.39 is 0 Å². The summed E-state index contributed by atoms with van der Waals surface area (Å²) in [5, 5.41) is 9.27. The Kier molecular flexibility index (Phi) is 3.29. The Morgan fingerprint density at radius 3 is 3.00 bits per heavy atom. The van der Waals surface area contributed by atoms with Gasteiger partial charge in [-0.3, -0.25) is 0 Å². The highest BCUT2D eigenvalue weighted by Gasteiger charge is 1.95. The number of hydrogen-bond donors (Lipinski definition) is 1. The molecule has 1 aromatic rings. The standard InChI is InChI=1S/C9H13NOS/c1-2-3-6-10-7-4-5-8(11)9(10)12/h4-5,7,11H,2-3,6H2,1H3. The first kappa shape index (κ1) is 9.26. The number of aryl methyl sites for hydroxylation is 1. The molecule has 12 heavy (non-hydrogen) atoms. The molecule has 0 unspecified atom stereocenters. The van der Waals surface area contributed by atoms with Gasteiger partial charge in [-0.25, -0.2) is 0 Å². The molecule has 1 rings (SSSR count). The van der Waals surface area contributed by atoms with Crippen LogP contribution in [0.15, 0.2) is 18.3 Å². The molecule has 1 heterocycles. The summed E-state index contributed by atoms with van der Waals surface area (Å²) in [6.07, 6.45) is 4.13. The first-order valence-electron chi connectivity index (χ1n) is 4.14. The smallest absolute Gasteiger partial charge is 0.150 e. The van der Waals surface area contributed by atoms with Crippen LogP contribution in [0.5, 0.6) is 5.75 Å². The molecule has 0 saturated heterocycles. The van der Waals surface area contributed by atoms with Crippen molar-refractivity contribution in [3.63, 3.8) is 0 Å². The SMILES string of the molecule is CCCCn1cccc(O)c1=S. The van der Waals surface area contributed by atoms with Crippen LogP contribution in [0.4, 0.5) is 0 Å². The van der Waals surface area contributed by atoms with Crippen molar-refractivity contribution in [1.82, 2.24) is 4.57 Å². The van der Waals surface area contributed by atoms with E-state index >= 15 is 0 Å². The zero-order valence-corrected chi connectivity index (χ0v) is 7.97. The minimum absolute atomic E-state index is 0.198. The van der Waals surface area contributed by atoms with Gasteiger partial charge >= 0.3 is 0 Å². The Balaban J connectivity index is 2.85. The summed E-state index contributed by atoms with van der Waals surface area (Å²) < 4.78 is 2.43. The minimum Gasteiger partial charge on any atom is -0.505 e. The van der Waals surface area contributed by atoms with Crippen molar-refractivity contribution in [2.24, 2.45) is 0 Å². The fourth-order valence-corrected chi connectivity index (χ4v) is 1.25. The average molecular weight is 183 g/mol. The van der Waals surface area contributed by atoms with Crippen LogP contribution in [-0.4, -0.2) is 9.67 Å². The first-order valence-corrected chi connectivity index (χ1v) is 4.55. The van der Waals surface area contributed by atoms with Gasteiger partial charge in [0.05, 0.1) is 0 Å². The summed E-state index contributed by atoms with van der Waals surface area (Å²) in [7, 11) is 0. The Morgan fingerprint density at radius 1 is 1.58 bits per heavy atom. The quantitative estimate of drug-likeness (QED) is 0.729. The molecular formula is C9H13NOS. The number of aromatic nitrogens is 1. The van der Waals surface area contributed by atoms with Crippen LogP contribution in [0.2, 0.25) is 0 Å². The molecule has 0 spiro atoms. The van der Waals surface area contributed by atoms with Gasteiger partial charge in [-0.1, -0.05) is 25.6 Å². The number of pyridine rings is 1. The summed E-state index contributed by atoms with van der Waals surface area (Å²) in [5.41, 5.74) is 0. The molecule has 66 valence electrons. The minimum atomic E-state index is 0.198. The number of hydrogen-bond acceptors (Lipinski definition) is 2. The lowest BCUT2D eigenvalue weighted by molar-refractivity contribution is 0.460. The van der Waals surface area contributed by atoms with Crippen LogP contribution in [0.1, 0.15) is 19.8 Å². The van der Waals surface area contributed by atoms with Gasteiger partial charge in [0.15, 0.2) is 0 Å². The van der Waals surface area contributed by atoms with Crippen LogP contribution in [-0.2, 0) is 6.54 Å². The fraction of sp³-hybridized carbons (Fsp3) is 0.444. The molecular weight excluding hydrogens is 170 g/mol. The maximum absolute atomic E-state index is 9.27. The normalized spacial score (nSPS) is 10.1. The van der Waals surface area contributed by atoms with Gasteiger partial charge in [0.2, 0.25) is 0 Å². The highest BCUT2D eigenvalue weighted by molar-refractivity contribution is 7.71. The number of rotatable bonds is 3. The van der Waals surface area contributed by atoms with Gasteiger partial charge in [-0.15, -0.1) is 0 Å². The maximum Gasteiger partial charge on any atom is 0.150 e. The van der Waals surface area contributed by atoms with Gasteiger partial charge < -0.3 is 9.67 Å².